The number of piperidine rings is 1. The molecule has 1 amide bonds. The van der Waals surface area contributed by atoms with Crippen LogP contribution in [0.15, 0.2) is 64.1 Å². The van der Waals surface area contributed by atoms with Gasteiger partial charge in [-0.2, -0.15) is 0 Å². The summed E-state index contributed by atoms with van der Waals surface area (Å²) in [5.74, 6) is -0.0394. The first kappa shape index (κ1) is 24.3. The molecule has 0 spiro atoms. The normalized spacial score (nSPS) is 16.3. The number of amides is 1. The van der Waals surface area contributed by atoms with Crippen LogP contribution in [0, 0.1) is 5.41 Å². The number of nitrogens with one attached hydrogen (secondary N) is 2. The van der Waals surface area contributed by atoms with Gasteiger partial charge in [0, 0.05) is 42.2 Å². The lowest BCUT2D eigenvalue weighted by molar-refractivity contribution is -0.0154. The average molecular weight is 496 g/mol. The Morgan fingerprint density at radius 2 is 1.94 bits per heavy atom. The molecule has 2 heterocycles. The molecule has 5 N–H and O–H groups in total. The van der Waals surface area contributed by atoms with Crippen LogP contribution in [0.5, 0.6) is 0 Å². The molecule has 178 valence electrons. The molecule has 1 aliphatic rings. The van der Waals surface area contributed by atoms with Crippen molar-refractivity contribution in [3.8, 4) is 0 Å². The van der Waals surface area contributed by atoms with Gasteiger partial charge in [0.15, 0.2) is 0 Å². The SMILES string of the molecule is CC(=N)/C(CC1(O)CCN(C(=O)c2ccc(NSc3cccc4scnc34)cc2)CC1)=C(/C)N. The van der Waals surface area contributed by atoms with E-state index in [-0.39, 0.29) is 5.91 Å². The fourth-order valence-corrected chi connectivity index (χ4v) is 5.66. The number of nitrogens with zero attached hydrogens (tertiary/aromatic N) is 2. The third kappa shape index (κ3) is 5.43. The highest BCUT2D eigenvalue weighted by atomic mass is 32.2. The van der Waals surface area contributed by atoms with E-state index in [0.717, 1.165) is 20.8 Å². The summed E-state index contributed by atoms with van der Waals surface area (Å²) >= 11 is 3.12. The monoisotopic (exact) mass is 495 g/mol. The third-order valence-electron chi connectivity index (χ3n) is 6.15. The average Bonchev–Trinajstić information content (AvgIpc) is 3.31. The van der Waals surface area contributed by atoms with Crippen molar-refractivity contribution in [3.63, 3.8) is 0 Å². The Kier molecular flexibility index (Phi) is 7.25. The van der Waals surface area contributed by atoms with Crippen molar-refractivity contribution in [2.45, 2.75) is 43.6 Å². The van der Waals surface area contributed by atoms with Crippen molar-refractivity contribution in [3.05, 3.63) is 64.8 Å². The van der Waals surface area contributed by atoms with E-state index in [1.165, 1.54) is 11.9 Å². The van der Waals surface area contributed by atoms with E-state index in [1.54, 1.807) is 30.1 Å². The second-order valence-electron chi connectivity index (χ2n) is 8.72. The standard InChI is InChI=1S/C25H29N5O2S2/c1-16(26)20(17(2)27)14-25(32)10-12-30(13-11-25)24(31)18-6-8-19(9-7-18)29-34-22-5-3-4-21-23(22)28-15-33-21/h3-9,15,26,29,32H,10-14,27H2,1-2H3/b20-17-,26-16?. The Morgan fingerprint density at radius 1 is 1.24 bits per heavy atom. The van der Waals surface area contributed by atoms with Gasteiger partial charge >= 0.3 is 0 Å². The summed E-state index contributed by atoms with van der Waals surface area (Å²) < 4.78 is 4.48. The number of carbonyl (C=O) groups excluding carboxylic acids is 1. The fraction of sp³-hybridized carbons (Fsp3) is 0.320. The number of rotatable bonds is 7. The molecule has 7 nitrogen and oxygen atoms in total. The zero-order valence-electron chi connectivity index (χ0n) is 19.3. The molecule has 9 heteroatoms. The van der Waals surface area contributed by atoms with Crippen LogP contribution in [-0.4, -0.2) is 45.3 Å². The third-order valence-corrected chi connectivity index (χ3v) is 7.83. The van der Waals surface area contributed by atoms with Crippen LogP contribution in [0.1, 0.15) is 43.5 Å². The first-order chi connectivity index (χ1) is 16.3. The minimum absolute atomic E-state index is 0.0394. The number of carbonyl (C=O) groups is 1. The quantitative estimate of drug-likeness (QED) is 0.269. The first-order valence-electron chi connectivity index (χ1n) is 11.1. The minimum atomic E-state index is -0.944. The summed E-state index contributed by atoms with van der Waals surface area (Å²) in [7, 11) is 0. The second kappa shape index (κ2) is 10.2. The van der Waals surface area contributed by atoms with Gasteiger partial charge in [-0.3, -0.25) is 4.79 Å². The van der Waals surface area contributed by atoms with Crippen LogP contribution in [-0.2, 0) is 0 Å². The molecule has 1 aliphatic heterocycles. The number of nitrogens with two attached hydrogens (primary N) is 1. The Balaban J connectivity index is 1.34. The van der Waals surface area contributed by atoms with Crippen LogP contribution in [0.2, 0.25) is 0 Å². The number of thiazole rings is 1. The Bertz CT molecular complexity index is 1220. The molecule has 0 bridgehead atoms. The zero-order chi connectivity index (χ0) is 24.3. The van der Waals surface area contributed by atoms with E-state index in [0.29, 0.717) is 54.9 Å². The predicted molar refractivity (Wildman–Crippen MR) is 141 cm³/mol. The van der Waals surface area contributed by atoms with E-state index in [2.05, 4.69) is 15.8 Å². The number of allylic oxidation sites excluding steroid dienone is 1. The summed E-state index contributed by atoms with van der Waals surface area (Å²) in [5.41, 5.74) is 11.0. The number of benzene rings is 2. The highest BCUT2D eigenvalue weighted by Gasteiger charge is 2.35. The van der Waals surface area contributed by atoms with Crippen molar-refractivity contribution in [2.24, 2.45) is 5.73 Å². The molecule has 3 aromatic rings. The maximum atomic E-state index is 13.0. The molecule has 2 aromatic carbocycles. The van der Waals surface area contributed by atoms with Gasteiger partial charge in [-0.25, -0.2) is 4.98 Å². The van der Waals surface area contributed by atoms with Gasteiger partial charge in [-0.1, -0.05) is 6.07 Å². The van der Waals surface area contributed by atoms with Crippen molar-refractivity contribution < 1.29 is 9.90 Å². The molecular weight excluding hydrogens is 466 g/mol. The van der Waals surface area contributed by atoms with Gasteiger partial charge in [-0.15, -0.1) is 11.3 Å². The van der Waals surface area contributed by atoms with Gasteiger partial charge in [0.05, 0.1) is 26.2 Å². The molecule has 1 saturated heterocycles. The number of aliphatic hydroxyl groups is 1. The molecule has 0 radical (unpaired) electrons. The molecule has 1 fully saturated rings. The molecule has 0 aliphatic carbocycles. The van der Waals surface area contributed by atoms with Gasteiger partial charge in [0.25, 0.3) is 5.91 Å². The van der Waals surface area contributed by atoms with Gasteiger partial charge in [0.1, 0.15) is 0 Å². The molecule has 34 heavy (non-hydrogen) atoms. The highest BCUT2D eigenvalue weighted by Crippen LogP contribution is 2.32. The maximum Gasteiger partial charge on any atom is 0.253 e. The van der Waals surface area contributed by atoms with Crippen molar-refractivity contribution in [1.29, 1.82) is 5.41 Å². The largest absolute Gasteiger partial charge is 0.402 e. The highest BCUT2D eigenvalue weighted by molar-refractivity contribution is 8.00. The lowest BCUT2D eigenvalue weighted by Gasteiger charge is -2.39. The molecule has 0 saturated carbocycles. The van der Waals surface area contributed by atoms with E-state index >= 15 is 0 Å². The molecule has 4 rings (SSSR count). The lowest BCUT2D eigenvalue weighted by atomic mass is 9.83. The number of hydrogen-bond acceptors (Lipinski definition) is 8. The van der Waals surface area contributed by atoms with Crippen LogP contribution in [0.25, 0.3) is 10.2 Å². The molecule has 0 atom stereocenters. The first-order valence-corrected chi connectivity index (χ1v) is 12.8. The molecule has 1 aromatic heterocycles. The summed E-state index contributed by atoms with van der Waals surface area (Å²) in [6.45, 7) is 4.38. The van der Waals surface area contributed by atoms with Crippen molar-refractivity contribution in [1.82, 2.24) is 9.88 Å². The fourth-order valence-electron chi connectivity index (χ4n) is 4.12. The van der Waals surface area contributed by atoms with Crippen LogP contribution in [0.4, 0.5) is 5.69 Å². The van der Waals surface area contributed by atoms with Crippen LogP contribution >= 0.6 is 23.3 Å². The topological polar surface area (TPSA) is 115 Å². The Hall–Kier alpha value is -2.88. The van der Waals surface area contributed by atoms with Crippen molar-refractivity contribution >= 4 is 50.8 Å². The van der Waals surface area contributed by atoms with E-state index in [1.807, 2.05) is 41.9 Å². The van der Waals surface area contributed by atoms with E-state index < -0.39 is 5.60 Å². The number of anilines is 1. The van der Waals surface area contributed by atoms with Gasteiger partial charge in [0.2, 0.25) is 0 Å². The maximum absolute atomic E-state index is 13.0. The Morgan fingerprint density at radius 3 is 2.59 bits per heavy atom. The summed E-state index contributed by atoms with van der Waals surface area (Å²) in [5, 5.41) is 18.9. The number of hydrogen-bond donors (Lipinski definition) is 4. The number of fused-ring (bicyclic) bond motifs is 1. The lowest BCUT2D eigenvalue weighted by Crippen LogP contribution is -2.47. The Labute approximate surface area is 207 Å². The summed E-state index contributed by atoms with van der Waals surface area (Å²) in [4.78, 5) is 20.3. The van der Waals surface area contributed by atoms with E-state index in [4.69, 9.17) is 11.1 Å². The van der Waals surface area contributed by atoms with Crippen LogP contribution < -0.4 is 10.5 Å². The zero-order valence-corrected chi connectivity index (χ0v) is 20.9. The summed E-state index contributed by atoms with van der Waals surface area (Å²) in [6.07, 6.45) is 1.27. The smallest absolute Gasteiger partial charge is 0.253 e. The predicted octanol–water partition coefficient (Wildman–Crippen LogP) is 5.05. The molecule has 0 unspecified atom stereocenters. The molecular formula is C25H29N5O2S2. The van der Waals surface area contributed by atoms with Gasteiger partial charge < -0.3 is 25.9 Å². The van der Waals surface area contributed by atoms with Gasteiger partial charge in [-0.05, 0) is 80.6 Å². The summed E-state index contributed by atoms with van der Waals surface area (Å²) in [6, 6.07) is 13.6. The second-order valence-corrected chi connectivity index (χ2v) is 10.5. The van der Waals surface area contributed by atoms with Crippen molar-refractivity contribution in [2.75, 3.05) is 17.8 Å². The number of aromatic nitrogens is 1. The van der Waals surface area contributed by atoms with E-state index in [9.17, 15) is 9.90 Å². The number of likely N-dealkylation sites (tertiary alicyclic amines) is 1. The minimum Gasteiger partial charge on any atom is -0.402 e. The number of para-hydroxylation sites is 1. The van der Waals surface area contributed by atoms with Crippen LogP contribution in [0.3, 0.4) is 0 Å².